The van der Waals surface area contributed by atoms with Crippen LogP contribution in [0.15, 0.2) is 60.7 Å². The zero-order valence-electron chi connectivity index (χ0n) is 11.0. The van der Waals surface area contributed by atoms with Crippen LogP contribution >= 0.6 is 0 Å². The smallest absolute Gasteiger partial charge is 0.120 e. The minimum absolute atomic E-state index is 0.570. The Morgan fingerprint density at radius 1 is 1.00 bits per heavy atom. The highest BCUT2D eigenvalue weighted by Crippen LogP contribution is 2.13. The van der Waals surface area contributed by atoms with Crippen molar-refractivity contribution in [3.8, 4) is 5.75 Å². The molecule has 0 unspecified atom stereocenters. The van der Waals surface area contributed by atoms with Crippen LogP contribution in [-0.4, -0.2) is 13.2 Å². The molecule has 0 amide bonds. The van der Waals surface area contributed by atoms with E-state index in [0.29, 0.717) is 13.2 Å². The first-order valence-electron chi connectivity index (χ1n) is 6.52. The molecule has 0 bridgehead atoms. The summed E-state index contributed by atoms with van der Waals surface area (Å²) >= 11 is 0. The highest BCUT2D eigenvalue weighted by molar-refractivity contribution is 5.48. The van der Waals surface area contributed by atoms with Crippen molar-refractivity contribution < 1.29 is 4.74 Å². The summed E-state index contributed by atoms with van der Waals surface area (Å²) in [4.78, 5) is 0. The summed E-state index contributed by atoms with van der Waals surface area (Å²) in [6.45, 7) is 1.23. The van der Waals surface area contributed by atoms with Crippen LogP contribution in [0, 0.1) is 0 Å². The number of nitrogens with two attached hydrogens (primary N) is 1. The predicted octanol–water partition coefficient (Wildman–Crippen LogP) is 3.28. The van der Waals surface area contributed by atoms with Gasteiger partial charge < -0.3 is 10.5 Å². The fourth-order valence-electron chi connectivity index (χ4n) is 1.85. The van der Waals surface area contributed by atoms with E-state index in [1.165, 1.54) is 11.1 Å². The Bertz CT molecular complexity index is 520. The van der Waals surface area contributed by atoms with E-state index in [9.17, 15) is 0 Å². The van der Waals surface area contributed by atoms with Gasteiger partial charge in [-0.2, -0.15) is 0 Å². The summed E-state index contributed by atoms with van der Waals surface area (Å²) in [6, 6.07) is 18.3. The molecule has 2 rings (SSSR count). The van der Waals surface area contributed by atoms with Gasteiger partial charge in [0.1, 0.15) is 12.4 Å². The molecule has 0 aliphatic carbocycles. The second kappa shape index (κ2) is 7.39. The van der Waals surface area contributed by atoms with Gasteiger partial charge in [-0.05, 0) is 42.3 Å². The van der Waals surface area contributed by atoms with Crippen LogP contribution < -0.4 is 10.5 Å². The zero-order chi connectivity index (χ0) is 13.3. The molecule has 0 aliphatic heterocycles. The lowest BCUT2D eigenvalue weighted by molar-refractivity contribution is 0.363. The van der Waals surface area contributed by atoms with Gasteiger partial charge in [0, 0.05) is 0 Å². The Hall–Kier alpha value is -2.06. The monoisotopic (exact) mass is 253 g/mol. The first-order chi connectivity index (χ1) is 9.38. The molecule has 19 heavy (non-hydrogen) atoms. The van der Waals surface area contributed by atoms with Crippen molar-refractivity contribution in [2.45, 2.75) is 6.42 Å². The molecule has 2 N–H and O–H groups in total. The maximum absolute atomic E-state index is 5.69. The van der Waals surface area contributed by atoms with Crippen molar-refractivity contribution in [2.24, 2.45) is 5.73 Å². The van der Waals surface area contributed by atoms with Crippen LogP contribution in [0.1, 0.15) is 11.1 Å². The largest absolute Gasteiger partial charge is 0.490 e. The molecule has 2 aromatic carbocycles. The molecule has 0 saturated heterocycles. The van der Waals surface area contributed by atoms with Crippen molar-refractivity contribution in [1.29, 1.82) is 0 Å². The standard InChI is InChI=1S/C17H19NO/c18-12-11-16-8-4-10-17(14-16)19-13-5-9-15-6-2-1-3-7-15/h1-10,14H,11-13,18H2/b9-5+. The second-order valence-corrected chi connectivity index (χ2v) is 4.31. The van der Waals surface area contributed by atoms with Gasteiger partial charge in [-0.3, -0.25) is 0 Å². The van der Waals surface area contributed by atoms with E-state index in [1.54, 1.807) is 0 Å². The number of ether oxygens (including phenoxy) is 1. The number of rotatable bonds is 6. The summed E-state index contributed by atoms with van der Waals surface area (Å²) < 4.78 is 5.69. The van der Waals surface area contributed by atoms with Gasteiger partial charge in [0.25, 0.3) is 0 Å². The van der Waals surface area contributed by atoms with E-state index in [2.05, 4.69) is 24.3 Å². The molecule has 0 aliphatic rings. The maximum Gasteiger partial charge on any atom is 0.120 e. The third-order valence-corrected chi connectivity index (χ3v) is 2.79. The Morgan fingerprint density at radius 3 is 2.63 bits per heavy atom. The Balaban J connectivity index is 1.85. The van der Waals surface area contributed by atoms with Gasteiger partial charge >= 0.3 is 0 Å². The summed E-state index contributed by atoms with van der Waals surface area (Å²) in [5.41, 5.74) is 7.94. The normalized spacial score (nSPS) is 10.8. The van der Waals surface area contributed by atoms with E-state index in [-0.39, 0.29) is 0 Å². The van der Waals surface area contributed by atoms with Crippen molar-refractivity contribution in [3.63, 3.8) is 0 Å². The van der Waals surface area contributed by atoms with Gasteiger partial charge in [0.2, 0.25) is 0 Å². The lowest BCUT2D eigenvalue weighted by Gasteiger charge is -2.05. The topological polar surface area (TPSA) is 35.2 Å². The lowest BCUT2D eigenvalue weighted by Crippen LogP contribution is -2.03. The van der Waals surface area contributed by atoms with Crippen LogP contribution in [0.2, 0.25) is 0 Å². The molecule has 2 aromatic rings. The quantitative estimate of drug-likeness (QED) is 0.857. The van der Waals surface area contributed by atoms with Gasteiger partial charge in [-0.15, -0.1) is 0 Å². The van der Waals surface area contributed by atoms with E-state index in [0.717, 1.165) is 12.2 Å². The van der Waals surface area contributed by atoms with Crippen LogP contribution in [-0.2, 0) is 6.42 Å². The first-order valence-corrected chi connectivity index (χ1v) is 6.52. The molecular weight excluding hydrogens is 234 g/mol. The van der Waals surface area contributed by atoms with Crippen molar-refractivity contribution >= 4 is 6.08 Å². The molecule has 0 saturated carbocycles. The SMILES string of the molecule is NCCc1cccc(OC/C=C/c2ccccc2)c1. The molecule has 0 aromatic heterocycles. The molecule has 98 valence electrons. The van der Waals surface area contributed by atoms with Crippen molar-refractivity contribution in [3.05, 3.63) is 71.8 Å². The Kier molecular flexibility index (Phi) is 5.20. The predicted molar refractivity (Wildman–Crippen MR) is 80.2 cm³/mol. The molecule has 2 heteroatoms. The molecule has 0 fully saturated rings. The summed E-state index contributed by atoms with van der Waals surface area (Å²) in [5, 5.41) is 0. The molecule has 0 radical (unpaired) electrons. The van der Waals surface area contributed by atoms with Crippen LogP contribution in [0.25, 0.3) is 6.08 Å². The Labute approximate surface area is 114 Å². The van der Waals surface area contributed by atoms with Gasteiger partial charge in [-0.1, -0.05) is 48.5 Å². The Morgan fingerprint density at radius 2 is 1.84 bits per heavy atom. The average molecular weight is 253 g/mol. The fourth-order valence-corrected chi connectivity index (χ4v) is 1.85. The van der Waals surface area contributed by atoms with Crippen LogP contribution in [0.5, 0.6) is 5.75 Å². The maximum atomic E-state index is 5.69. The lowest BCUT2D eigenvalue weighted by atomic mass is 10.1. The fraction of sp³-hybridized carbons (Fsp3) is 0.176. The zero-order valence-corrected chi connectivity index (χ0v) is 11.0. The molecule has 0 heterocycles. The molecule has 0 atom stereocenters. The summed E-state index contributed by atoms with van der Waals surface area (Å²) in [7, 11) is 0. The van der Waals surface area contributed by atoms with Crippen LogP contribution in [0.3, 0.4) is 0 Å². The van der Waals surface area contributed by atoms with Crippen LogP contribution in [0.4, 0.5) is 0 Å². The van der Waals surface area contributed by atoms with Crippen molar-refractivity contribution in [1.82, 2.24) is 0 Å². The summed E-state index contributed by atoms with van der Waals surface area (Å²) in [6.07, 6.45) is 4.96. The van der Waals surface area contributed by atoms with E-state index in [4.69, 9.17) is 10.5 Å². The van der Waals surface area contributed by atoms with E-state index in [1.807, 2.05) is 42.5 Å². The highest BCUT2D eigenvalue weighted by Gasteiger charge is 1.95. The number of benzene rings is 2. The molecule has 2 nitrogen and oxygen atoms in total. The minimum atomic E-state index is 0.570. The average Bonchev–Trinajstić information content (AvgIpc) is 2.46. The molecular formula is C17H19NO. The second-order valence-electron chi connectivity index (χ2n) is 4.31. The van der Waals surface area contributed by atoms with E-state index >= 15 is 0 Å². The first kappa shape index (κ1) is 13.4. The van der Waals surface area contributed by atoms with Crippen molar-refractivity contribution in [2.75, 3.05) is 13.2 Å². The van der Waals surface area contributed by atoms with E-state index < -0.39 is 0 Å². The van der Waals surface area contributed by atoms with Gasteiger partial charge in [0.05, 0.1) is 0 Å². The summed E-state index contributed by atoms with van der Waals surface area (Å²) in [5.74, 6) is 0.892. The number of hydrogen-bond acceptors (Lipinski definition) is 2. The highest BCUT2D eigenvalue weighted by atomic mass is 16.5. The third kappa shape index (κ3) is 4.60. The molecule has 0 spiro atoms. The van der Waals surface area contributed by atoms with Gasteiger partial charge in [-0.25, -0.2) is 0 Å². The minimum Gasteiger partial charge on any atom is -0.490 e. The number of hydrogen-bond donors (Lipinski definition) is 1. The van der Waals surface area contributed by atoms with Gasteiger partial charge in [0.15, 0.2) is 0 Å². The third-order valence-electron chi connectivity index (χ3n) is 2.79.